The van der Waals surface area contributed by atoms with Crippen LogP contribution in [0.25, 0.3) is 0 Å². The maximum Gasteiger partial charge on any atom is 0.0252 e. The van der Waals surface area contributed by atoms with Crippen molar-refractivity contribution in [2.75, 3.05) is 6.54 Å². The number of hydrogen-bond donors (Lipinski definition) is 1. The van der Waals surface area contributed by atoms with E-state index in [1.54, 1.807) is 6.42 Å². The molecule has 108 valence electrons. The van der Waals surface area contributed by atoms with E-state index >= 15 is 0 Å². The van der Waals surface area contributed by atoms with Crippen LogP contribution in [0.4, 0.5) is 0 Å². The number of nitrogens with zero attached hydrogens (tertiary/aromatic N) is 1. The largest absolute Gasteiger partial charge is 0.329 e. The molecule has 0 aromatic carbocycles. The van der Waals surface area contributed by atoms with Gasteiger partial charge in [-0.3, -0.25) is 4.90 Å². The van der Waals surface area contributed by atoms with Gasteiger partial charge in [-0.2, -0.15) is 0 Å². The van der Waals surface area contributed by atoms with Gasteiger partial charge in [-0.1, -0.05) is 19.3 Å². The molecule has 0 amide bonds. The summed E-state index contributed by atoms with van der Waals surface area (Å²) in [6.45, 7) is 0.910. The summed E-state index contributed by atoms with van der Waals surface area (Å²) < 4.78 is 0. The SMILES string of the molecule is NCC(C1CCCCC1)N1C2CC3CC(C2)CC1C3. The summed E-state index contributed by atoms with van der Waals surface area (Å²) in [5.41, 5.74) is 6.24. The summed E-state index contributed by atoms with van der Waals surface area (Å²) in [6.07, 6.45) is 14.8. The lowest BCUT2D eigenvalue weighted by atomic mass is 9.62. The van der Waals surface area contributed by atoms with Crippen LogP contribution in [0.15, 0.2) is 0 Å². The van der Waals surface area contributed by atoms with Crippen molar-refractivity contribution < 1.29 is 0 Å². The van der Waals surface area contributed by atoms with Gasteiger partial charge in [0.2, 0.25) is 0 Å². The second-order valence-electron chi connectivity index (χ2n) is 7.87. The van der Waals surface area contributed by atoms with E-state index in [0.717, 1.165) is 42.4 Å². The Morgan fingerprint density at radius 3 is 1.95 bits per heavy atom. The van der Waals surface area contributed by atoms with Crippen molar-refractivity contribution >= 4 is 0 Å². The Hall–Kier alpha value is -0.0800. The zero-order chi connectivity index (χ0) is 12.8. The molecule has 2 heterocycles. The van der Waals surface area contributed by atoms with Crippen LogP contribution >= 0.6 is 0 Å². The summed E-state index contributed by atoms with van der Waals surface area (Å²) >= 11 is 0. The number of rotatable bonds is 3. The van der Waals surface area contributed by atoms with E-state index < -0.39 is 0 Å². The predicted octanol–water partition coefficient (Wildman–Crippen LogP) is 3.16. The molecule has 4 bridgehead atoms. The van der Waals surface area contributed by atoms with E-state index in [9.17, 15) is 0 Å². The van der Waals surface area contributed by atoms with Gasteiger partial charge < -0.3 is 5.73 Å². The molecule has 0 aromatic heterocycles. The Bertz CT molecular complexity index is 293. The van der Waals surface area contributed by atoms with Crippen LogP contribution in [0.2, 0.25) is 0 Å². The highest BCUT2D eigenvalue weighted by atomic mass is 15.3. The molecule has 0 radical (unpaired) electrons. The lowest BCUT2D eigenvalue weighted by Crippen LogP contribution is -2.64. The first kappa shape index (κ1) is 12.6. The van der Waals surface area contributed by atoms with E-state index in [1.165, 1.54) is 57.8 Å². The molecular weight excluding hydrogens is 232 g/mol. The number of nitrogens with two attached hydrogens (primary N) is 1. The van der Waals surface area contributed by atoms with Crippen molar-refractivity contribution in [1.29, 1.82) is 0 Å². The van der Waals surface area contributed by atoms with Gasteiger partial charge in [0.25, 0.3) is 0 Å². The van der Waals surface area contributed by atoms with E-state index in [-0.39, 0.29) is 0 Å². The fourth-order valence-corrected chi connectivity index (χ4v) is 6.18. The average molecular weight is 262 g/mol. The Balaban J connectivity index is 1.53. The Morgan fingerprint density at radius 2 is 1.42 bits per heavy atom. The Kier molecular flexibility index (Phi) is 3.35. The van der Waals surface area contributed by atoms with Crippen LogP contribution in [0.5, 0.6) is 0 Å². The van der Waals surface area contributed by atoms with Gasteiger partial charge in [0, 0.05) is 24.7 Å². The second kappa shape index (κ2) is 5.04. The normalized spacial score (nSPS) is 44.7. The van der Waals surface area contributed by atoms with Gasteiger partial charge in [-0.25, -0.2) is 0 Å². The third-order valence-electron chi connectivity index (χ3n) is 6.75. The van der Waals surface area contributed by atoms with E-state index in [1.807, 2.05) is 0 Å². The first-order valence-electron chi connectivity index (χ1n) is 8.82. The smallest absolute Gasteiger partial charge is 0.0252 e. The van der Waals surface area contributed by atoms with Gasteiger partial charge in [0.1, 0.15) is 0 Å². The number of hydrogen-bond acceptors (Lipinski definition) is 2. The molecule has 3 saturated carbocycles. The van der Waals surface area contributed by atoms with Crippen LogP contribution < -0.4 is 5.73 Å². The van der Waals surface area contributed by atoms with Crippen LogP contribution in [0.3, 0.4) is 0 Å². The first-order valence-corrected chi connectivity index (χ1v) is 8.82. The maximum absolute atomic E-state index is 6.24. The van der Waals surface area contributed by atoms with E-state index in [2.05, 4.69) is 4.90 Å². The second-order valence-corrected chi connectivity index (χ2v) is 7.87. The molecule has 0 spiro atoms. The van der Waals surface area contributed by atoms with Crippen LogP contribution in [-0.2, 0) is 0 Å². The molecule has 5 rings (SSSR count). The fourth-order valence-electron chi connectivity index (χ4n) is 6.18. The standard InChI is InChI=1S/C17H30N2/c18-11-17(14-4-2-1-3-5-14)19-15-7-12-6-13(9-15)10-16(19)8-12/h12-17H,1-11,18H2. The van der Waals surface area contributed by atoms with E-state index in [0.29, 0.717) is 0 Å². The molecule has 5 fully saturated rings. The summed E-state index contributed by atoms with van der Waals surface area (Å²) in [7, 11) is 0. The minimum absolute atomic E-state index is 0.718. The maximum atomic E-state index is 6.24. The highest BCUT2D eigenvalue weighted by Crippen LogP contribution is 2.50. The molecule has 2 N–H and O–H groups in total. The molecule has 1 atom stereocenters. The summed E-state index contributed by atoms with van der Waals surface area (Å²) in [5, 5.41) is 0. The molecule has 5 aliphatic rings. The lowest BCUT2D eigenvalue weighted by Gasteiger charge is -2.60. The zero-order valence-corrected chi connectivity index (χ0v) is 12.3. The van der Waals surface area contributed by atoms with Gasteiger partial charge in [-0.15, -0.1) is 0 Å². The fraction of sp³-hybridized carbons (Fsp3) is 1.00. The molecule has 2 nitrogen and oxygen atoms in total. The summed E-state index contributed by atoms with van der Waals surface area (Å²) in [6, 6.07) is 2.54. The van der Waals surface area contributed by atoms with Gasteiger partial charge in [-0.05, 0) is 62.7 Å². The minimum atomic E-state index is 0.718. The van der Waals surface area contributed by atoms with E-state index in [4.69, 9.17) is 5.73 Å². The van der Waals surface area contributed by atoms with Gasteiger partial charge >= 0.3 is 0 Å². The molecule has 3 aliphatic carbocycles. The Labute approximate surface area is 118 Å². The average Bonchev–Trinajstić information content (AvgIpc) is 2.43. The van der Waals surface area contributed by atoms with Crippen molar-refractivity contribution in [2.45, 2.75) is 82.3 Å². The topological polar surface area (TPSA) is 29.3 Å². The molecule has 19 heavy (non-hydrogen) atoms. The molecule has 1 unspecified atom stereocenters. The lowest BCUT2D eigenvalue weighted by molar-refractivity contribution is -0.0944. The molecular formula is C17H30N2. The number of piperidine rings is 2. The van der Waals surface area contributed by atoms with Crippen LogP contribution in [0, 0.1) is 17.8 Å². The van der Waals surface area contributed by atoms with Crippen molar-refractivity contribution in [1.82, 2.24) is 4.90 Å². The molecule has 2 heteroatoms. The quantitative estimate of drug-likeness (QED) is 0.846. The molecule has 0 aromatic rings. The monoisotopic (exact) mass is 262 g/mol. The van der Waals surface area contributed by atoms with Crippen LogP contribution in [-0.4, -0.2) is 29.6 Å². The minimum Gasteiger partial charge on any atom is -0.329 e. The third kappa shape index (κ3) is 2.15. The third-order valence-corrected chi connectivity index (χ3v) is 6.75. The van der Waals surface area contributed by atoms with Gasteiger partial charge in [0.15, 0.2) is 0 Å². The highest BCUT2D eigenvalue weighted by Gasteiger charge is 2.49. The van der Waals surface area contributed by atoms with Crippen molar-refractivity contribution in [3.63, 3.8) is 0 Å². The summed E-state index contributed by atoms with van der Waals surface area (Å²) in [4.78, 5) is 2.95. The van der Waals surface area contributed by atoms with Crippen molar-refractivity contribution in [3.05, 3.63) is 0 Å². The Morgan fingerprint density at radius 1 is 0.842 bits per heavy atom. The van der Waals surface area contributed by atoms with Crippen molar-refractivity contribution in [2.24, 2.45) is 23.5 Å². The first-order chi connectivity index (χ1) is 9.35. The highest BCUT2D eigenvalue weighted by molar-refractivity contribution is 5.03. The van der Waals surface area contributed by atoms with Crippen LogP contribution in [0.1, 0.15) is 64.2 Å². The summed E-state index contributed by atoms with van der Waals surface area (Å²) in [5.74, 6) is 3.06. The zero-order valence-electron chi connectivity index (χ0n) is 12.3. The molecule has 2 saturated heterocycles. The molecule has 2 aliphatic heterocycles. The van der Waals surface area contributed by atoms with Gasteiger partial charge in [0.05, 0.1) is 0 Å². The van der Waals surface area contributed by atoms with Crippen molar-refractivity contribution in [3.8, 4) is 0 Å². The predicted molar refractivity (Wildman–Crippen MR) is 78.9 cm³/mol.